The summed E-state index contributed by atoms with van der Waals surface area (Å²) >= 11 is 3.78. The van der Waals surface area contributed by atoms with Gasteiger partial charge in [0.1, 0.15) is 5.69 Å². The molecule has 0 spiro atoms. The van der Waals surface area contributed by atoms with E-state index in [9.17, 15) is 0 Å². The molecule has 1 aliphatic rings. The zero-order valence-corrected chi connectivity index (χ0v) is 13.8. The summed E-state index contributed by atoms with van der Waals surface area (Å²) in [6.45, 7) is 4.63. The number of thiazole rings is 1. The van der Waals surface area contributed by atoms with E-state index in [-0.39, 0.29) is 0 Å². The van der Waals surface area contributed by atoms with Crippen molar-refractivity contribution < 1.29 is 4.57 Å². The van der Waals surface area contributed by atoms with Crippen molar-refractivity contribution >= 4 is 28.2 Å². The Hall–Kier alpha value is -1.00. The van der Waals surface area contributed by atoms with E-state index < -0.39 is 0 Å². The highest BCUT2D eigenvalue weighted by atomic mass is 32.2. The Bertz CT molecular complexity index is 572. The first-order chi connectivity index (χ1) is 9.81. The molecule has 0 radical (unpaired) electrons. The molecule has 0 bridgehead atoms. The number of piperidine rings is 1. The molecule has 1 aliphatic heterocycles. The van der Waals surface area contributed by atoms with Gasteiger partial charge in [-0.25, -0.2) is 0 Å². The van der Waals surface area contributed by atoms with Crippen LogP contribution in [0.4, 0.5) is 5.13 Å². The molecule has 0 atom stereocenters. The van der Waals surface area contributed by atoms with Crippen LogP contribution in [0.1, 0.15) is 24.1 Å². The van der Waals surface area contributed by atoms with Crippen molar-refractivity contribution in [3.8, 4) is 5.69 Å². The number of aryl methyl sites for hydroxylation is 1. The number of para-hydroxylation sites is 1. The number of benzene rings is 1. The number of hydrogen-bond donors (Lipinski definition) is 0. The molecule has 1 fully saturated rings. The highest BCUT2D eigenvalue weighted by molar-refractivity contribution is 7.98. The summed E-state index contributed by atoms with van der Waals surface area (Å²) in [7, 11) is 0. The Kier molecular flexibility index (Phi) is 4.32. The van der Waals surface area contributed by atoms with E-state index in [0.29, 0.717) is 0 Å². The second kappa shape index (κ2) is 6.19. The van der Waals surface area contributed by atoms with E-state index in [0.717, 1.165) is 0 Å². The van der Waals surface area contributed by atoms with Crippen LogP contribution < -0.4 is 9.47 Å². The zero-order valence-electron chi connectivity index (χ0n) is 12.1. The quantitative estimate of drug-likeness (QED) is 0.624. The van der Waals surface area contributed by atoms with Gasteiger partial charge < -0.3 is 0 Å². The first-order valence-electron chi connectivity index (χ1n) is 7.21. The normalized spacial score (nSPS) is 15.6. The van der Waals surface area contributed by atoms with Gasteiger partial charge >= 0.3 is 5.13 Å². The summed E-state index contributed by atoms with van der Waals surface area (Å²) in [5.41, 5.74) is 1.28. The van der Waals surface area contributed by atoms with Crippen molar-refractivity contribution in [2.45, 2.75) is 31.2 Å². The lowest BCUT2D eigenvalue weighted by Crippen LogP contribution is -2.41. The minimum absolute atomic E-state index is 1.20. The lowest BCUT2D eigenvalue weighted by atomic mass is 10.1. The standard InChI is InChI=1S/C16H21N2S2/c1-13-15(19-2)18(14-9-5-3-6-10-14)16(20-13)17-11-7-4-8-12-17/h3,5-6,9-10H,4,7-8,11-12H2,1-2H3/q+1. The third-order valence-corrected chi connectivity index (χ3v) is 5.90. The van der Waals surface area contributed by atoms with E-state index in [1.54, 1.807) is 0 Å². The smallest absolute Gasteiger partial charge is 0.252 e. The van der Waals surface area contributed by atoms with Crippen LogP contribution in [0.25, 0.3) is 5.69 Å². The minimum atomic E-state index is 1.20. The number of rotatable bonds is 3. The summed E-state index contributed by atoms with van der Waals surface area (Å²) in [5, 5.41) is 2.78. The van der Waals surface area contributed by atoms with Gasteiger partial charge in [-0.1, -0.05) is 41.3 Å². The van der Waals surface area contributed by atoms with Crippen LogP contribution in [0.5, 0.6) is 0 Å². The van der Waals surface area contributed by atoms with Gasteiger partial charge in [-0.2, -0.15) is 4.57 Å². The molecule has 106 valence electrons. The number of thioether (sulfide) groups is 1. The highest BCUT2D eigenvalue weighted by Gasteiger charge is 2.29. The fourth-order valence-corrected chi connectivity index (χ4v) is 4.95. The molecular formula is C16H21N2S2+. The first-order valence-corrected chi connectivity index (χ1v) is 9.25. The summed E-state index contributed by atoms with van der Waals surface area (Å²) in [6, 6.07) is 10.8. The number of anilines is 1. The van der Waals surface area contributed by atoms with Crippen LogP contribution in [-0.4, -0.2) is 19.3 Å². The van der Waals surface area contributed by atoms with Gasteiger partial charge in [0.05, 0.1) is 18.0 Å². The maximum Gasteiger partial charge on any atom is 0.342 e. The molecule has 1 saturated heterocycles. The van der Waals surface area contributed by atoms with Crippen LogP contribution in [0.3, 0.4) is 0 Å². The molecule has 0 amide bonds. The van der Waals surface area contributed by atoms with E-state index in [4.69, 9.17) is 0 Å². The molecule has 0 N–H and O–H groups in total. The largest absolute Gasteiger partial charge is 0.342 e. The van der Waals surface area contributed by atoms with Crippen molar-refractivity contribution in [1.29, 1.82) is 0 Å². The van der Waals surface area contributed by atoms with Gasteiger partial charge in [-0.05, 0) is 44.6 Å². The summed E-state index contributed by atoms with van der Waals surface area (Å²) in [6.07, 6.45) is 6.19. The van der Waals surface area contributed by atoms with Crippen LogP contribution in [0, 0.1) is 6.92 Å². The molecule has 0 saturated carbocycles. The van der Waals surface area contributed by atoms with Gasteiger partial charge in [-0.3, -0.25) is 4.90 Å². The number of hydrogen-bond acceptors (Lipinski definition) is 3. The van der Waals surface area contributed by atoms with Crippen molar-refractivity contribution in [3.63, 3.8) is 0 Å². The van der Waals surface area contributed by atoms with Gasteiger partial charge in [-0.15, -0.1) is 0 Å². The van der Waals surface area contributed by atoms with Crippen LogP contribution >= 0.6 is 23.1 Å². The fraction of sp³-hybridized carbons (Fsp3) is 0.438. The van der Waals surface area contributed by atoms with Gasteiger partial charge in [0.15, 0.2) is 5.03 Å². The van der Waals surface area contributed by atoms with Gasteiger partial charge in [0.25, 0.3) is 0 Å². The lowest BCUT2D eigenvalue weighted by molar-refractivity contribution is -0.618. The zero-order chi connectivity index (χ0) is 13.9. The van der Waals surface area contributed by atoms with Crippen LogP contribution in [0.2, 0.25) is 0 Å². The van der Waals surface area contributed by atoms with Crippen molar-refractivity contribution in [3.05, 3.63) is 35.2 Å². The fourth-order valence-electron chi connectivity index (χ4n) is 2.80. The molecule has 20 heavy (non-hydrogen) atoms. The van der Waals surface area contributed by atoms with E-state index in [2.05, 4.69) is 53.0 Å². The van der Waals surface area contributed by atoms with Crippen molar-refractivity contribution in [2.24, 2.45) is 0 Å². The van der Waals surface area contributed by atoms with Gasteiger partial charge in [0.2, 0.25) is 0 Å². The van der Waals surface area contributed by atoms with Crippen molar-refractivity contribution in [2.75, 3.05) is 24.2 Å². The molecule has 0 unspecified atom stereocenters. The molecule has 4 heteroatoms. The molecule has 2 nitrogen and oxygen atoms in total. The number of aromatic nitrogens is 1. The molecule has 1 aromatic heterocycles. The highest BCUT2D eigenvalue weighted by Crippen LogP contribution is 2.32. The molecule has 3 rings (SSSR count). The van der Waals surface area contributed by atoms with Crippen molar-refractivity contribution in [1.82, 2.24) is 0 Å². The van der Waals surface area contributed by atoms with Crippen LogP contribution in [0.15, 0.2) is 35.4 Å². The maximum atomic E-state index is 2.56. The molecular weight excluding hydrogens is 284 g/mol. The second-order valence-electron chi connectivity index (χ2n) is 5.17. The summed E-state index contributed by atoms with van der Waals surface area (Å²) in [4.78, 5) is 3.98. The Morgan fingerprint density at radius 2 is 1.80 bits per heavy atom. The van der Waals surface area contributed by atoms with E-state index in [1.165, 1.54) is 53.1 Å². The summed E-state index contributed by atoms with van der Waals surface area (Å²) < 4.78 is 2.44. The third-order valence-electron chi connectivity index (χ3n) is 3.77. The molecule has 2 aromatic rings. The minimum Gasteiger partial charge on any atom is -0.252 e. The Balaban J connectivity index is 2.09. The third kappa shape index (κ3) is 2.59. The predicted octanol–water partition coefficient (Wildman–Crippen LogP) is 4.05. The average Bonchev–Trinajstić information content (AvgIpc) is 2.85. The number of nitrogens with zero attached hydrogens (tertiary/aromatic N) is 2. The summed E-state index contributed by atoms with van der Waals surface area (Å²) in [5.74, 6) is 0. The topological polar surface area (TPSA) is 7.12 Å². The second-order valence-corrected chi connectivity index (χ2v) is 7.15. The van der Waals surface area contributed by atoms with Crippen LogP contribution in [-0.2, 0) is 0 Å². The Labute approximate surface area is 129 Å². The van der Waals surface area contributed by atoms with E-state index in [1.807, 2.05) is 23.1 Å². The molecule has 0 aliphatic carbocycles. The Morgan fingerprint density at radius 1 is 1.10 bits per heavy atom. The average molecular weight is 305 g/mol. The first kappa shape index (κ1) is 14.0. The van der Waals surface area contributed by atoms with Gasteiger partial charge in [0, 0.05) is 0 Å². The SMILES string of the molecule is CSc1c(C)sc(N2CCCCC2)[n+]1-c1ccccc1. The molecule has 1 aromatic carbocycles. The van der Waals surface area contributed by atoms with E-state index >= 15 is 0 Å². The maximum absolute atomic E-state index is 2.56. The lowest BCUT2D eigenvalue weighted by Gasteiger charge is -2.21. The predicted molar refractivity (Wildman–Crippen MR) is 88.4 cm³/mol. The Morgan fingerprint density at radius 3 is 2.45 bits per heavy atom. The monoisotopic (exact) mass is 305 g/mol. The molecule has 2 heterocycles.